The molecule has 0 fully saturated rings. The zero-order valence-electron chi connectivity index (χ0n) is 10.7. The Morgan fingerprint density at radius 1 is 1.53 bits per heavy atom. The highest BCUT2D eigenvalue weighted by atomic mass is 16.9. The van der Waals surface area contributed by atoms with Crippen molar-refractivity contribution in [3.8, 4) is 0 Å². The predicted molar refractivity (Wildman–Crippen MR) is 66.2 cm³/mol. The predicted octanol–water partition coefficient (Wildman–Crippen LogP) is 0.722. The lowest BCUT2D eigenvalue weighted by Gasteiger charge is -2.28. The number of ether oxygens (including phenoxy) is 1. The van der Waals surface area contributed by atoms with Crippen LogP contribution in [0.3, 0.4) is 0 Å². The molecule has 0 saturated carbocycles. The Hall–Kier alpha value is -2.08. The maximum absolute atomic E-state index is 11.7. The minimum atomic E-state index is -1.38. The van der Waals surface area contributed by atoms with E-state index in [4.69, 9.17) is 9.57 Å². The third-order valence-corrected chi connectivity index (χ3v) is 3.08. The van der Waals surface area contributed by atoms with Gasteiger partial charge in [-0.25, -0.2) is 4.79 Å². The molecule has 0 aliphatic carbocycles. The van der Waals surface area contributed by atoms with Gasteiger partial charge in [0.1, 0.15) is 5.60 Å². The molecule has 0 saturated heterocycles. The highest BCUT2D eigenvalue weighted by Crippen LogP contribution is 2.34. The Kier molecular flexibility index (Phi) is 3.44. The summed E-state index contributed by atoms with van der Waals surface area (Å²) in [7, 11) is 0. The number of nitrogens with zero attached hydrogens (tertiary/aromatic N) is 1. The van der Waals surface area contributed by atoms with Crippen molar-refractivity contribution in [3.05, 3.63) is 41.1 Å². The lowest BCUT2D eigenvalue weighted by molar-refractivity contribution is -0.754. The fourth-order valence-electron chi connectivity index (χ4n) is 2.00. The second kappa shape index (κ2) is 4.89. The van der Waals surface area contributed by atoms with Crippen molar-refractivity contribution in [3.63, 3.8) is 0 Å². The first-order valence-electron chi connectivity index (χ1n) is 5.94. The van der Waals surface area contributed by atoms with Crippen molar-refractivity contribution in [1.29, 1.82) is 0 Å². The molecule has 0 spiro atoms. The number of esters is 1. The zero-order chi connectivity index (χ0) is 14.0. The molecular weight excluding hydrogens is 250 g/mol. The number of aliphatic hydroxyl groups excluding tert-OH is 1. The van der Waals surface area contributed by atoms with Crippen LogP contribution in [0, 0.1) is 5.21 Å². The Morgan fingerprint density at radius 3 is 2.74 bits per heavy atom. The largest absolute Gasteiger partial charge is 0.458 e. The van der Waals surface area contributed by atoms with Gasteiger partial charge in [-0.15, -0.1) is 0 Å². The molecule has 1 heterocycles. The van der Waals surface area contributed by atoms with E-state index in [1.54, 1.807) is 44.2 Å². The van der Waals surface area contributed by atoms with E-state index in [1.807, 2.05) is 0 Å². The smallest absolute Gasteiger partial charge is 0.408 e. The van der Waals surface area contributed by atoms with Crippen LogP contribution in [-0.2, 0) is 20.0 Å². The minimum Gasteiger partial charge on any atom is -0.458 e. The monoisotopic (exact) mass is 265 g/mol. The van der Waals surface area contributed by atoms with Gasteiger partial charge in [-0.3, -0.25) is 5.21 Å². The maximum atomic E-state index is 11.7. The Morgan fingerprint density at radius 2 is 2.16 bits per heavy atom. The summed E-state index contributed by atoms with van der Waals surface area (Å²) in [4.78, 5) is 16.8. The van der Waals surface area contributed by atoms with Crippen molar-refractivity contribution < 1.29 is 24.4 Å². The Labute approximate surface area is 110 Å². The van der Waals surface area contributed by atoms with Crippen LogP contribution in [0.25, 0.3) is 0 Å². The van der Waals surface area contributed by atoms with Gasteiger partial charge in [-0.1, -0.05) is 30.3 Å². The first-order chi connectivity index (χ1) is 9.00. The number of carbonyl (C=O) groups is 1. The van der Waals surface area contributed by atoms with Crippen LogP contribution < -0.4 is 0 Å². The second-order valence-corrected chi connectivity index (χ2v) is 4.33. The molecule has 2 atom stereocenters. The molecule has 1 aromatic carbocycles. The van der Waals surface area contributed by atoms with E-state index in [9.17, 15) is 15.1 Å². The molecule has 1 N–H and O–H groups in total. The van der Waals surface area contributed by atoms with Crippen LogP contribution in [0.5, 0.6) is 0 Å². The van der Waals surface area contributed by atoms with E-state index in [-0.39, 0.29) is 11.5 Å². The van der Waals surface area contributed by atoms with Gasteiger partial charge in [-0.05, 0) is 19.4 Å². The van der Waals surface area contributed by atoms with Crippen LogP contribution in [0.1, 0.15) is 19.4 Å². The molecule has 0 radical (unpaired) electrons. The van der Waals surface area contributed by atoms with Gasteiger partial charge in [0.25, 0.3) is 0 Å². The number of aliphatic hydroxyl groups is 1. The Bertz CT molecular complexity index is 513. The molecule has 1 aliphatic rings. The van der Waals surface area contributed by atoms with Crippen molar-refractivity contribution in [2.45, 2.75) is 25.6 Å². The van der Waals surface area contributed by atoms with Crippen LogP contribution in [-0.4, -0.2) is 34.4 Å². The van der Waals surface area contributed by atoms with Gasteiger partial charge in [-0.2, -0.15) is 0 Å². The van der Waals surface area contributed by atoms with Crippen LogP contribution in [0.15, 0.2) is 30.3 Å². The average molecular weight is 265 g/mol. The van der Waals surface area contributed by atoms with E-state index >= 15 is 0 Å². The molecule has 0 amide bonds. The summed E-state index contributed by atoms with van der Waals surface area (Å²) in [5.41, 5.74) is -1.14. The Balaban J connectivity index is 2.33. The maximum Gasteiger partial charge on any atom is 0.408 e. The second-order valence-electron chi connectivity index (χ2n) is 4.33. The summed E-state index contributed by atoms with van der Waals surface area (Å²) in [5, 5.41) is 21.9. The highest BCUT2D eigenvalue weighted by Gasteiger charge is 2.53. The SMILES string of the molecule is CCOC(=O)C1=[N+]([O-])OC(C)(c2ccccc2)C1O. The van der Waals surface area contributed by atoms with Crippen LogP contribution >= 0.6 is 0 Å². The third-order valence-electron chi connectivity index (χ3n) is 3.08. The number of hydrogen-bond donors (Lipinski definition) is 1. The van der Waals surface area contributed by atoms with E-state index in [2.05, 4.69) is 0 Å². The third kappa shape index (κ3) is 2.15. The fourth-order valence-corrected chi connectivity index (χ4v) is 2.00. The lowest BCUT2D eigenvalue weighted by atomic mass is 9.88. The normalized spacial score (nSPS) is 26.2. The molecule has 2 unspecified atom stereocenters. The number of carbonyl (C=O) groups excluding carboxylic acids is 1. The van der Waals surface area contributed by atoms with Crippen LogP contribution in [0.2, 0.25) is 0 Å². The number of rotatable bonds is 3. The van der Waals surface area contributed by atoms with Crippen molar-refractivity contribution in [2.24, 2.45) is 0 Å². The molecule has 2 rings (SSSR count). The van der Waals surface area contributed by atoms with Crippen molar-refractivity contribution >= 4 is 11.7 Å². The highest BCUT2D eigenvalue weighted by molar-refractivity contribution is 6.36. The van der Waals surface area contributed by atoms with E-state index in [0.29, 0.717) is 5.56 Å². The van der Waals surface area contributed by atoms with E-state index in [1.165, 1.54) is 0 Å². The van der Waals surface area contributed by atoms with Crippen molar-refractivity contribution in [2.75, 3.05) is 6.61 Å². The first-order valence-corrected chi connectivity index (χ1v) is 5.94. The average Bonchev–Trinajstić information content (AvgIpc) is 2.62. The van der Waals surface area contributed by atoms with Gasteiger partial charge in [0.2, 0.25) is 0 Å². The molecule has 1 aromatic rings. The number of hydrogen-bond acceptors (Lipinski definition) is 5. The topological polar surface area (TPSA) is 81.8 Å². The quantitative estimate of drug-likeness (QED) is 0.643. The van der Waals surface area contributed by atoms with E-state index < -0.39 is 23.4 Å². The van der Waals surface area contributed by atoms with Gasteiger partial charge >= 0.3 is 11.7 Å². The van der Waals surface area contributed by atoms with Gasteiger partial charge in [0.05, 0.1) is 11.5 Å². The lowest BCUT2D eigenvalue weighted by Crippen LogP contribution is -2.41. The van der Waals surface area contributed by atoms with Crippen LogP contribution in [0.4, 0.5) is 0 Å². The standard InChI is InChI=1S/C13H15NO5/c1-3-18-12(16)10-11(15)13(2,19-14(10)17)9-7-5-4-6-8-9/h4-8,11,15H,3H2,1-2H3. The minimum absolute atomic E-state index is 0.0374. The molecular formula is C13H15NO5. The van der Waals surface area contributed by atoms with Crippen molar-refractivity contribution in [1.82, 2.24) is 0 Å². The molecule has 19 heavy (non-hydrogen) atoms. The van der Waals surface area contributed by atoms with E-state index in [0.717, 1.165) is 0 Å². The number of benzene rings is 1. The van der Waals surface area contributed by atoms with Gasteiger partial charge in [0, 0.05) is 0 Å². The summed E-state index contributed by atoms with van der Waals surface area (Å²) in [6, 6.07) is 8.75. The first kappa shape index (κ1) is 13.4. The molecule has 102 valence electrons. The zero-order valence-corrected chi connectivity index (χ0v) is 10.7. The van der Waals surface area contributed by atoms with Gasteiger partial charge in [0.15, 0.2) is 6.10 Å². The fraction of sp³-hybridized carbons (Fsp3) is 0.385. The molecule has 6 heteroatoms. The molecule has 1 aliphatic heterocycles. The molecule has 0 bridgehead atoms. The summed E-state index contributed by atoms with van der Waals surface area (Å²) in [6.45, 7) is 3.28. The molecule has 0 aromatic heterocycles. The summed E-state index contributed by atoms with van der Waals surface area (Å²) in [5.74, 6) is -0.871. The summed E-state index contributed by atoms with van der Waals surface area (Å²) < 4.78 is 4.74. The summed E-state index contributed by atoms with van der Waals surface area (Å²) in [6.07, 6.45) is -1.38. The molecule has 6 nitrogen and oxygen atoms in total. The summed E-state index contributed by atoms with van der Waals surface area (Å²) >= 11 is 0. The van der Waals surface area contributed by atoms with Gasteiger partial charge < -0.3 is 14.7 Å².